The molecule has 0 radical (unpaired) electrons. The SMILES string of the molecule is Cc1cc(O)cc2c1OC(C)(CC1=CC3(C)CCCC3(C)C3(C=CC(C)(C)O3)O1)CC2. The summed E-state index contributed by atoms with van der Waals surface area (Å²) in [5.74, 6) is 1.47. The van der Waals surface area contributed by atoms with Gasteiger partial charge in [0, 0.05) is 17.3 Å². The fraction of sp³-hybridized carbons (Fsp3) is 0.630. The number of aryl methyl sites for hydroxylation is 2. The van der Waals surface area contributed by atoms with Crippen molar-refractivity contribution in [2.75, 3.05) is 0 Å². The van der Waals surface area contributed by atoms with E-state index in [9.17, 15) is 5.11 Å². The summed E-state index contributed by atoms with van der Waals surface area (Å²) >= 11 is 0. The Morgan fingerprint density at radius 2 is 1.74 bits per heavy atom. The van der Waals surface area contributed by atoms with Crippen LogP contribution in [0.25, 0.3) is 0 Å². The van der Waals surface area contributed by atoms with Crippen LogP contribution in [0.1, 0.15) is 77.8 Å². The van der Waals surface area contributed by atoms with Gasteiger partial charge in [0.25, 0.3) is 0 Å². The Morgan fingerprint density at radius 3 is 2.45 bits per heavy atom. The van der Waals surface area contributed by atoms with Crippen LogP contribution < -0.4 is 4.74 Å². The molecule has 3 aliphatic heterocycles. The highest BCUT2D eigenvalue weighted by Gasteiger charge is 2.66. The number of hydrogen-bond donors (Lipinski definition) is 1. The van der Waals surface area contributed by atoms with Crippen LogP contribution in [0.15, 0.2) is 36.1 Å². The normalized spacial score (nSPS) is 40.1. The van der Waals surface area contributed by atoms with Gasteiger partial charge < -0.3 is 19.3 Å². The molecular formula is C27H36O4. The topological polar surface area (TPSA) is 47.9 Å². The van der Waals surface area contributed by atoms with E-state index in [4.69, 9.17) is 14.2 Å². The lowest BCUT2D eigenvalue weighted by atomic mass is 9.61. The molecule has 31 heavy (non-hydrogen) atoms. The van der Waals surface area contributed by atoms with E-state index >= 15 is 0 Å². The predicted molar refractivity (Wildman–Crippen MR) is 121 cm³/mol. The van der Waals surface area contributed by atoms with E-state index in [1.807, 2.05) is 13.0 Å². The summed E-state index contributed by atoms with van der Waals surface area (Å²) in [5, 5.41) is 9.96. The van der Waals surface area contributed by atoms with Gasteiger partial charge in [0.05, 0.1) is 5.60 Å². The summed E-state index contributed by atoms with van der Waals surface area (Å²) in [7, 11) is 0. The average Bonchev–Trinajstić information content (AvgIpc) is 3.13. The van der Waals surface area contributed by atoms with Crippen molar-refractivity contribution >= 4 is 0 Å². The van der Waals surface area contributed by atoms with Crippen molar-refractivity contribution in [3.63, 3.8) is 0 Å². The van der Waals surface area contributed by atoms with E-state index in [1.54, 1.807) is 6.07 Å². The largest absolute Gasteiger partial charge is 0.508 e. The van der Waals surface area contributed by atoms with Crippen molar-refractivity contribution in [1.29, 1.82) is 0 Å². The molecule has 0 amide bonds. The molecule has 1 spiro atoms. The standard InChI is InChI=1S/C27H36O4/c1-18-14-20(28)15-19-8-11-25(5,30-22(18)19)17-21-16-24(4)9-7-10-26(24,6)27(29-21)13-12-23(2,3)31-27/h12-16,28H,7-11,17H2,1-6H3. The van der Waals surface area contributed by atoms with Gasteiger partial charge in [-0.05, 0) is 88.8 Å². The molecule has 1 aromatic rings. The highest BCUT2D eigenvalue weighted by Crippen LogP contribution is 2.66. The molecule has 4 atom stereocenters. The Hall–Kier alpha value is -1.94. The first-order valence-corrected chi connectivity index (χ1v) is 11.7. The smallest absolute Gasteiger partial charge is 0.236 e. The van der Waals surface area contributed by atoms with Crippen LogP contribution in [0.4, 0.5) is 0 Å². The minimum Gasteiger partial charge on any atom is -0.508 e. The summed E-state index contributed by atoms with van der Waals surface area (Å²) in [6.45, 7) is 13.1. The van der Waals surface area contributed by atoms with E-state index in [0.29, 0.717) is 12.2 Å². The third kappa shape index (κ3) is 3.05. The molecule has 1 aliphatic carbocycles. The van der Waals surface area contributed by atoms with Gasteiger partial charge >= 0.3 is 0 Å². The molecule has 1 N–H and O–H groups in total. The summed E-state index contributed by atoms with van der Waals surface area (Å²) in [5.41, 5.74) is 1.30. The summed E-state index contributed by atoms with van der Waals surface area (Å²) < 4.78 is 20.0. The van der Waals surface area contributed by atoms with E-state index in [0.717, 1.165) is 48.3 Å². The number of benzene rings is 1. The van der Waals surface area contributed by atoms with Gasteiger partial charge in [0.15, 0.2) is 0 Å². The lowest BCUT2D eigenvalue weighted by Gasteiger charge is -2.55. The molecule has 0 bridgehead atoms. The van der Waals surface area contributed by atoms with Gasteiger partial charge in [0.2, 0.25) is 5.79 Å². The van der Waals surface area contributed by atoms with Crippen LogP contribution in [-0.2, 0) is 15.9 Å². The maximum Gasteiger partial charge on any atom is 0.236 e. The molecule has 0 saturated heterocycles. The number of fused-ring (bicyclic) bond motifs is 3. The van der Waals surface area contributed by atoms with E-state index in [2.05, 4.69) is 52.8 Å². The fourth-order valence-corrected chi connectivity index (χ4v) is 6.42. The molecule has 1 saturated carbocycles. The van der Waals surface area contributed by atoms with Crippen molar-refractivity contribution in [3.8, 4) is 11.5 Å². The molecule has 0 aromatic heterocycles. The second kappa shape index (κ2) is 6.31. The molecule has 4 aliphatic rings. The molecule has 1 fully saturated rings. The van der Waals surface area contributed by atoms with Crippen LogP contribution in [-0.4, -0.2) is 22.1 Å². The van der Waals surface area contributed by atoms with Crippen molar-refractivity contribution in [3.05, 3.63) is 47.2 Å². The number of ether oxygens (including phenoxy) is 3. The summed E-state index contributed by atoms with van der Waals surface area (Å²) in [6.07, 6.45) is 12.6. The summed E-state index contributed by atoms with van der Waals surface area (Å²) in [6, 6.07) is 3.61. The predicted octanol–water partition coefficient (Wildman–Crippen LogP) is 6.35. The molecule has 5 rings (SSSR count). The number of hydrogen-bond acceptors (Lipinski definition) is 4. The van der Waals surface area contributed by atoms with Gasteiger partial charge in [-0.1, -0.05) is 26.3 Å². The van der Waals surface area contributed by atoms with Crippen molar-refractivity contribution < 1.29 is 19.3 Å². The second-order valence-electron chi connectivity index (χ2n) is 11.5. The minimum atomic E-state index is -0.726. The molecule has 4 unspecified atom stereocenters. The van der Waals surface area contributed by atoms with E-state index in [-0.39, 0.29) is 22.0 Å². The lowest BCUT2D eigenvalue weighted by Crippen LogP contribution is -2.57. The third-order valence-corrected chi connectivity index (χ3v) is 8.44. The van der Waals surface area contributed by atoms with Crippen LogP contribution in [0.3, 0.4) is 0 Å². The number of phenols is 1. The number of allylic oxidation sites excluding steroid dienone is 1. The third-order valence-electron chi connectivity index (χ3n) is 8.44. The first-order valence-electron chi connectivity index (χ1n) is 11.7. The number of phenolic OH excluding ortho intramolecular Hbond substituents is 1. The molecule has 4 heteroatoms. The Kier molecular flexibility index (Phi) is 4.26. The maximum atomic E-state index is 9.96. The Morgan fingerprint density at radius 1 is 0.968 bits per heavy atom. The molecule has 1 aromatic carbocycles. The summed E-state index contributed by atoms with van der Waals surface area (Å²) in [4.78, 5) is 0. The van der Waals surface area contributed by atoms with Crippen LogP contribution in [0.5, 0.6) is 11.5 Å². The van der Waals surface area contributed by atoms with Gasteiger partial charge in [-0.3, -0.25) is 0 Å². The van der Waals surface area contributed by atoms with Gasteiger partial charge in [-0.25, -0.2) is 0 Å². The monoisotopic (exact) mass is 424 g/mol. The molecule has 4 nitrogen and oxygen atoms in total. The van der Waals surface area contributed by atoms with Crippen molar-refractivity contribution in [1.82, 2.24) is 0 Å². The van der Waals surface area contributed by atoms with E-state index < -0.39 is 5.79 Å². The Balaban J connectivity index is 1.48. The zero-order valence-electron chi connectivity index (χ0n) is 19.8. The average molecular weight is 425 g/mol. The highest BCUT2D eigenvalue weighted by atomic mass is 16.7. The lowest BCUT2D eigenvalue weighted by molar-refractivity contribution is -0.293. The first-order chi connectivity index (χ1) is 14.4. The van der Waals surface area contributed by atoms with Gasteiger partial charge in [-0.15, -0.1) is 0 Å². The fourth-order valence-electron chi connectivity index (χ4n) is 6.42. The van der Waals surface area contributed by atoms with Gasteiger partial charge in [0.1, 0.15) is 22.9 Å². The Bertz CT molecular complexity index is 991. The molecule has 3 heterocycles. The van der Waals surface area contributed by atoms with Crippen molar-refractivity contribution in [2.45, 2.75) is 97.1 Å². The first kappa shape index (κ1) is 20.9. The van der Waals surface area contributed by atoms with Crippen LogP contribution in [0.2, 0.25) is 0 Å². The molecule has 168 valence electrons. The quantitative estimate of drug-likeness (QED) is 0.562. The Labute approximate surface area is 186 Å². The second-order valence-corrected chi connectivity index (χ2v) is 11.5. The highest BCUT2D eigenvalue weighted by molar-refractivity contribution is 5.48. The van der Waals surface area contributed by atoms with Gasteiger partial charge in [-0.2, -0.15) is 0 Å². The van der Waals surface area contributed by atoms with Crippen LogP contribution in [0, 0.1) is 17.8 Å². The number of aromatic hydroxyl groups is 1. The number of rotatable bonds is 2. The van der Waals surface area contributed by atoms with Crippen molar-refractivity contribution in [2.24, 2.45) is 10.8 Å². The zero-order valence-corrected chi connectivity index (χ0v) is 19.8. The molecular weight excluding hydrogens is 388 g/mol. The van der Waals surface area contributed by atoms with E-state index in [1.165, 1.54) is 6.42 Å². The zero-order chi connectivity index (χ0) is 22.3. The van der Waals surface area contributed by atoms with Crippen LogP contribution >= 0.6 is 0 Å². The minimum absolute atomic E-state index is 0.0238. The maximum absolute atomic E-state index is 9.96.